The van der Waals surface area contributed by atoms with Crippen LogP contribution in [0.25, 0.3) is 0 Å². The number of methoxy groups -OCH3 is 1. The normalized spacial score (nSPS) is 17.1. The first kappa shape index (κ1) is 24.4. The fraction of sp³-hybridized carbons (Fsp3) is 0.231. The lowest BCUT2D eigenvalue weighted by molar-refractivity contribution is -0.139. The zero-order chi connectivity index (χ0) is 24.9. The van der Waals surface area contributed by atoms with Crippen LogP contribution in [0.3, 0.4) is 0 Å². The number of hydrogen-bond acceptors (Lipinski definition) is 6. The quantitative estimate of drug-likeness (QED) is 0.366. The molecule has 0 aromatic heterocycles. The molecule has 0 saturated carbocycles. The first-order chi connectivity index (χ1) is 16.9. The molecule has 182 valence electrons. The van der Waals surface area contributed by atoms with E-state index in [1.165, 1.54) is 7.11 Å². The van der Waals surface area contributed by atoms with E-state index in [-0.39, 0.29) is 18.7 Å². The molecule has 2 atom stereocenters. The Morgan fingerprint density at radius 2 is 1.83 bits per heavy atom. The fourth-order valence-electron chi connectivity index (χ4n) is 3.83. The number of rotatable bonds is 9. The van der Waals surface area contributed by atoms with E-state index in [1.807, 2.05) is 49.4 Å². The van der Waals surface area contributed by atoms with E-state index >= 15 is 0 Å². The number of nitrogens with zero attached hydrogens (tertiary/aromatic N) is 1. The van der Waals surface area contributed by atoms with Gasteiger partial charge in [-0.1, -0.05) is 52.3 Å². The SMILES string of the molecule is COc1ccc(OCC(=O)O)cc1Oc1cc(Br)ccc1CN1C(=O)O[C@@H](c2ccccc2)[C@H]1C. The average Bonchev–Trinajstić information content (AvgIpc) is 3.13. The maximum Gasteiger partial charge on any atom is 0.411 e. The number of carbonyl (C=O) groups excluding carboxylic acids is 1. The molecule has 1 N–H and O–H groups in total. The third-order valence-corrected chi connectivity index (χ3v) is 6.10. The highest BCUT2D eigenvalue weighted by molar-refractivity contribution is 9.10. The molecule has 4 rings (SSSR count). The molecule has 0 aliphatic carbocycles. The third kappa shape index (κ3) is 5.68. The number of amides is 1. The minimum Gasteiger partial charge on any atom is -0.493 e. The van der Waals surface area contributed by atoms with E-state index in [1.54, 1.807) is 29.2 Å². The van der Waals surface area contributed by atoms with E-state index < -0.39 is 18.7 Å². The third-order valence-electron chi connectivity index (χ3n) is 5.61. The standard InChI is InChI=1S/C26H24BrNO7/c1-16-25(17-6-4-3-5-7-17)35-26(31)28(16)14-18-8-9-19(27)12-22(18)34-23-13-20(33-15-24(29)30)10-11-21(23)32-2/h3-13,16,25H,14-15H2,1-2H3,(H,29,30)/t16-,25-/m1/s1. The Bertz CT molecular complexity index is 1220. The topological polar surface area (TPSA) is 94.5 Å². The summed E-state index contributed by atoms with van der Waals surface area (Å²) in [5, 5.41) is 8.89. The number of ether oxygens (including phenoxy) is 4. The first-order valence-electron chi connectivity index (χ1n) is 10.9. The van der Waals surface area contributed by atoms with Crippen LogP contribution in [0.5, 0.6) is 23.0 Å². The maximum absolute atomic E-state index is 12.8. The summed E-state index contributed by atoms with van der Waals surface area (Å²) in [4.78, 5) is 25.3. The van der Waals surface area contributed by atoms with Gasteiger partial charge in [-0.2, -0.15) is 0 Å². The predicted molar refractivity (Wildman–Crippen MR) is 131 cm³/mol. The minimum atomic E-state index is -1.09. The van der Waals surface area contributed by atoms with E-state index in [0.29, 0.717) is 23.0 Å². The lowest BCUT2D eigenvalue weighted by atomic mass is 10.0. The van der Waals surface area contributed by atoms with Gasteiger partial charge in [0.2, 0.25) is 0 Å². The summed E-state index contributed by atoms with van der Waals surface area (Å²) in [5.74, 6) is 0.516. The monoisotopic (exact) mass is 541 g/mol. The van der Waals surface area contributed by atoms with E-state index in [9.17, 15) is 9.59 Å². The van der Waals surface area contributed by atoms with Gasteiger partial charge in [-0.3, -0.25) is 4.90 Å². The van der Waals surface area contributed by atoms with Crippen molar-refractivity contribution in [3.8, 4) is 23.0 Å². The van der Waals surface area contributed by atoms with E-state index in [0.717, 1.165) is 15.6 Å². The number of halogens is 1. The molecule has 8 nitrogen and oxygen atoms in total. The number of hydrogen-bond donors (Lipinski definition) is 1. The molecule has 1 fully saturated rings. The Hall–Kier alpha value is -3.72. The predicted octanol–water partition coefficient (Wildman–Crippen LogP) is 5.80. The summed E-state index contributed by atoms with van der Waals surface area (Å²) in [7, 11) is 1.51. The second kappa shape index (κ2) is 10.7. The van der Waals surface area contributed by atoms with Crippen molar-refractivity contribution in [2.75, 3.05) is 13.7 Å². The molecule has 1 amide bonds. The number of carbonyl (C=O) groups is 2. The van der Waals surface area contributed by atoms with Crippen LogP contribution in [-0.2, 0) is 16.1 Å². The molecule has 1 aliphatic rings. The zero-order valence-corrected chi connectivity index (χ0v) is 20.7. The van der Waals surface area contributed by atoms with Gasteiger partial charge in [-0.15, -0.1) is 0 Å². The molecule has 0 unspecified atom stereocenters. The summed E-state index contributed by atoms with van der Waals surface area (Å²) in [6.45, 7) is 1.74. The van der Waals surface area contributed by atoms with Gasteiger partial charge in [0, 0.05) is 16.1 Å². The van der Waals surface area contributed by atoms with Crippen molar-refractivity contribution < 1.29 is 33.6 Å². The maximum atomic E-state index is 12.8. The Balaban J connectivity index is 1.59. The Kier molecular flexibility index (Phi) is 7.45. The van der Waals surface area contributed by atoms with E-state index in [2.05, 4.69) is 15.9 Å². The molecule has 1 saturated heterocycles. The van der Waals surface area contributed by atoms with Crippen LogP contribution in [0.4, 0.5) is 4.79 Å². The number of cyclic esters (lactones) is 1. The van der Waals surface area contributed by atoms with Gasteiger partial charge in [0.05, 0.1) is 19.7 Å². The molecule has 1 aliphatic heterocycles. The van der Waals surface area contributed by atoms with Gasteiger partial charge in [0.25, 0.3) is 0 Å². The van der Waals surface area contributed by atoms with Gasteiger partial charge in [-0.25, -0.2) is 9.59 Å². The molecular formula is C26H24BrNO7. The molecule has 0 bridgehead atoms. The van der Waals surface area contributed by atoms with Crippen molar-refractivity contribution in [3.63, 3.8) is 0 Å². The summed E-state index contributed by atoms with van der Waals surface area (Å²) in [6.07, 6.45) is -0.770. The Morgan fingerprint density at radius 3 is 2.54 bits per heavy atom. The van der Waals surface area contributed by atoms with Crippen LogP contribution in [-0.4, -0.2) is 41.8 Å². The van der Waals surface area contributed by atoms with Crippen LogP contribution in [0.15, 0.2) is 71.2 Å². The molecule has 0 radical (unpaired) electrons. The van der Waals surface area contributed by atoms with Crippen molar-refractivity contribution in [1.82, 2.24) is 4.90 Å². The second-order valence-electron chi connectivity index (χ2n) is 7.93. The van der Waals surface area contributed by atoms with Gasteiger partial charge in [0.1, 0.15) is 17.6 Å². The van der Waals surface area contributed by atoms with Crippen molar-refractivity contribution >= 4 is 28.0 Å². The zero-order valence-electron chi connectivity index (χ0n) is 19.1. The van der Waals surface area contributed by atoms with Crippen molar-refractivity contribution in [3.05, 3.63) is 82.3 Å². The average molecular weight is 542 g/mol. The number of aliphatic carboxylic acids is 1. The fourth-order valence-corrected chi connectivity index (χ4v) is 4.17. The lowest BCUT2D eigenvalue weighted by Gasteiger charge is -2.22. The largest absolute Gasteiger partial charge is 0.493 e. The molecule has 35 heavy (non-hydrogen) atoms. The lowest BCUT2D eigenvalue weighted by Crippen LogP contribution is -2.31. The smallest absolute Gasteiger partial charge is 0.411 e. The van der Waals surface area contributed by atoms with Crippen molar-refractivity contribution in [2.24, 2.45) is 0 Å². The van der Waals surface area contributed by atoms with Gasteiger partial charge in [0.15, 0.2) is 18.1 Å². The van der Waals surface area contributed by atoms with E-state index in [4.69, 9.17) is 24.1 Å². The van der Waals surface area contributed by atoms with Crippen LogP contribution >= 0.6 is 15.9 Å². The molecular weight excluding hydrogens is 518 g/mol. The summed E-state index contributed by atoms with van der Waals surface area (Å²) in [5.41, 5.74) is 1.69. The van der Waals surface area contributed by atoms with Gasteiger partial charge >= 0.3 is 12.1 Å². The van der Waals surface area contributed by atoms with Crippen LogP contribution in [0.2, 0.25) is 0 Å². The van der Waals surface area contributed by atoms with Crippen LogP contribution < -0.4 is 14.2 Å². The Morgan fingerprint density at radius 1 is 1.06 bits per heavy atom. The highest BCUT2D eigenvalue weighted by Gasteiger charge is 2.39. The summed E-state index contributed by atoms with van der Waals surface area (Å²) < 4.78 is 23.3. The van der Waals surface area contributed by atoms with Crippen molar-refractivity contribution in [1.29, 1.82) is 0 Å². The molecule has 1 heterocycles. The highest BCUT2D eigenvalue weighted by atomic mass is 79.9. The second-order valence-corrected chi connectivity index (χ2v) is 8.85. The van der Waals surface area contributed by atoms with Crippen molar-refractivity contribution in [2.45, 2.75) is 25.6 Å². The highest BCUT2D eigenvalue weighted by Crippen LogP contribution is 2.39. The molecule has 9 heteroatoms. The molecule has 3 aromatic carbocycles. The number of carboxylic acids is 1. The first-order valence-corrected chi connectivity index (χ1v) is 11.7. The van der Waals surface area contributed by atoms with Gasteiger partial charge in [-0.05, 0) is 36.8 Å². The van der Waals surface area contributed by atoms with Gasteiger partial charge < -0.3 is 24.1 Å². The Labute approximate surface area is 211 Å². The minimum absolute atomic E-state index is 0.191. The summed E-state index contributed by atoms with van der Waals surface area (Å²) in [6, 6.07) is 19.8. The summed E-state index contributed by atoms with van der Waals surface area (Å²) >= 11 is 3.47. The number of benzene rings is 3. The van der Waals surface area contributed by atoms with Crippen LogP contribution in [0, 0.1) is 0 Å². The van der Waals surface area contributed by atoms with Crippen LogP contribution in [0.1, 0.15) is 24.2 Å². The molecule has 0 spiro atoms. The molecule has 3 aromatic rings. The number of carboxylic acid groups (broad SMARTS) is 1.